The van der Waals surface area contributed by atoms with E-state index in [0.717, 1.165) is 0 Å². The Balaban J connectivity index is 2.95. The first-order valence-electron chi connectivity index (χ1n) is 3.86. The minimum atomic E-state index is 0.163. The van der Waals surface area contributed by atoms with Crippen molar-refractivity contribution < 1.29 is 0 Å². The quantitative estimate of drug-likeness (QED) is 0.568. The highest BCUT2D eigenvalue weighted by molar-refractivity contribution is 8.18. The highest BCUT2D eigenvalue weighted by Crippen LogP contribution is 2.24. The largest absolute Gasteiger partial charge is 0.253 e. The summed E-state index contributed by atoms with van der Waals surface area (Å²) in [5, 5.41) is 0. The van der Waals surface area contributed by atoms with Crippen molar-refractivity contribution in [3.8, 4) is 0 Å². The van der Waals surface area contributed by atoms with E-state index >= 15 is 0 Å². The molecule has 1 atom stereocenters. The van der Waals surface area contributed by atoms with Crippen LogP contribution in [0.25, 0.3) is 0 Å². The molecule has 0 N–H and O–H groups in total. The van der Waals surface area contributed by atoms with Gasteiger partial charge in [-0.3, -0.25) is 10.9 Å². The van der Waals surface area contributed by atoms with E-state index < -0.39 is 0 Å². The number of hydrogen-bond acceptors (Lipinski definition) is 0. The summed E-state index contributed by atoms with van der Waals surface area (Å²) in [6.45, 7) is 4.49. The van der Waals surface area contributed by atoms with Crippen LogP contribution in [0, 0.1) is 6.26 Å². The molecule has 0 aromatic carbocycles. The van der Waals surface area contributed by atoms with Gasteiger partial charge in [-0.1, -0.05) is 20.3 Å². The molecule has 1 unspecified atom stereocenters. The molecule has 0 aliphatic rings. The Hall–Kier alpha value is 0.350. The van der Waals surface area contributed by atoms with Crippen molar-refractivity contribution >= 4 is 10.9 Å². The molecular formula is C8H19S. The van der Waals surface area contributed by atoms with Crippen molar-refractivity contribution in [3.63, 3.8) is 0 Å². The van der Waals surface area contributed by atoms with Crippen molar-refractivity contribution in [2.75, 3.05) is 11.5 Å². The van der Waals surface area contributed by atoms with Gasteiger partial charge in [0, 0.05) is 0 Å². The highest BCUT2D eigenvalue weighted by Gasteiger charge is 1.92. The second-order valence-electron chi connectivity index (χ2n) is 2.47. The Bertz CT molecular complexity index is 52.5. The molecule has 0 saturated heterocycles. The van der Waals surface area contributed by atoms with Crippen LogP contribution < -0.4 is 0 Å². The van der Waals surface area contributed by atoms with E-state index in [1.807, 2.05) is 0 Å². The van der Waals surface area contributed by atoms with Gasteiger partial charge in [0.2, 0.25) is 0 Å². The second-order valence-corrected chi connectivity index (χ2v) is 4.71. The maximum atomic E-state index is 4.13. The summed E-state index contributed by atoms with van der Waals surface area (Å²) in [6, 6.07) is 0. The first-order valence-corrected chi connectivity index (χ1v) is 5.76. The van der Waals surface area contributed by atoms with Crippen LogP contribution in [0.15, 0.2) is 0 Å². The summed E-state index contributed by atoms with van der Waals surface area (Å²) < 4.78 is 0. The first-order chi connectivity index (χ1) is 4.31. The van der Waals surface area contributed by atoms with E-state index in [9.17, 15) is 0 Å². The number of rotatable bonds is 5. The number of unbranched alkanes of at least 4 members (excludes halogenated alkanes) is 1. The lowest BCUT2D eigenvalue weighted by molar-refractivity contribution is 0.893. The number of thiol groups is 1. The summed E-state index contributed by atoms with van der Waals surface area (Å²) in [5.41, 5.74) is 0. The average Bonchev–Trinajstić information content (AvgIpc) is 1.85. The van der Waals surface area contributed by atoms with Gasteiger partial charge in [0.05, 0.1) is 0 Å². The molecule has 0 nitrogen and oxygen atoms in total. The topological polar surface area (TPSA) is 0 Å². The zero-order chi connectivity index (χ0) is 7.11. The van der Waals surface area contributed by atoms with Crippen LogP contribution in [0.3, 0.4) is 0 Å². The van der Waals surface area contributed by atoms with Gasteiger partial charge in [-0.25, -0.2) is 0 Å². The monoisotopic (exact) mass is 147 g/mol. The summed E-state index contributed by atoms with van der Waals surface area (Å²) in [7, 11) is 0.163. The third kappa shape index (κ3) is 6.23. The zero-order valence-corrected chi connectivity index (χ0v) is 7.58. The van der Waals surface area contributed by atoms with Gasteiger partial charge in [0.1, 0.15) is 0 Å². The van der Waals surface area contributed by atoms with Gasteiger partial charge in [0.25, 0.3) is 0 Å². The van der Waals surface area contributed by atoms with Gasteiger partial charge < -0.3 is 0 Å². The van der Waals surface area contributed by atoms with E-state index in [1.165, 1.54) is 30.8 Å². The molecule has 0 saturated carbocycles. The Kier molecular flexibility index (Phi) is 6.72. The van der Waals surface area contributed by atoms with Gasteiger partial charge >= 0.3 is 0 Å². The van der Waals surface area contributed by atoms with Crippen molar-refractivity contribution in [3.05, 3.63) is 6.26 Å². The second kappa shape index (κ2) is 6.47. The van der Waals surface area contributed by atoms with E-state index in [4.69, 9.17) is 0 Å². The predicted octanol–water partition coefficient (Wildman–Crippen LogP) is 2.99. The molecule has 9 heavy (non-hydrogen) atoms. The van der Waals surface area contributed by atoms with Crippen LogP contribution in [0.2, 0.25) is 0 Å². The lowest BCUT2D eigenvalue weighted by Gasteiger charge is -2.12. The normalized spacial score (nSPS) is 15.7. The van der Waals surface area contributed by atoms with E-state index in [0.29, 0.717) is 0 Å². The molecule has 0 rings (SSSR count). The lowest BCUT2D eigenvalue weighted by Crippen LogP contribution is -1.88. The molecule has 0 fully saturated rings. The number of hydrogen-bond donors (Lipinski definition) is 1. The molecule has 0 spiro atoms. The average molecular weight is 147 g/mol. The Labute approximate surface area is 62.4 Å². The summed E-state index contributed by atoms with van der Waals surface area (Å²) in [5.74, 6) is 2.76. The Morgan fingerprint density at radius 1 is 1.11 bits per heavy atom. The van der Waals surface area contributed by atoms with Gasteiger partial charge in [-0.2, -0.15) is 0 Å². The molecule has 57 valence electrons. The molecule has 0 bridgehead atoms. The van der Waals surface area contributed by atoms with Crippen molar-refractivity contribution in [2.45, 2.75) is 33.1 Å². The molecule has 0 amide bonds. The van der Waals surface area contributed by atoms with Gasteiger partial charge in [0.15, 0.2) is 0 Å². The van der Waals surface area contributed by atoms with Gasteiger partial charge in [-0.15, -0.1) is 0 Å². The summed E-state index contributed by atoms with van der Waals surface area (Å²) >= 11 is 0. The van der Waals surface area contributed by atoms with Gasteiger partial charge in [-0.05, 0) is 30.6 Å². The van der Waals surface area contributed by atoms with Crippen LogP contribution in [0.4, 0.5) is 0 Å². The SMILES string of the molecule is [CH2][SH](CCC)CCCC. The molecule has 1 heteroatoms. The van der Waals surface area contributed by atoms with Crippen LogP contribution in [0.1, 0.15) is 33.1 Å². The molecule has 0 heterocycles. The fourth-order valence-corrected chi connectivity index (χ4v) is 2.43. The van der Waals surface area contributed by atoms with E-state index in [2.05, 4.69) is 20.1 Å². The lowest BCUT2D eigenvalue weighted by atomic mass is 10.4. The fourth-order valence-electron chi connectivity index (χ4n) is 0.810. The molecule has 0 aliphatic carbocycles. The smallest absolute Gasteiger partial charge is 0.0178 e. The minimum Gasteiger partial charge on any atom is -0.253 e. The summed E-state index contributed by atoms with van der Waals surface area (Å²) in [6.07, 6.45) is 8.16. The molecule has 1 radical (unpaired) electrons. The highest BCUT2D eigenvalue weighted by atomic mass is 32.2. The van der Waals surface area contributed by atoms with Crippen LogP contribution in [0.5, 0.6) is 0 Å². The maximum Gasteiger partial charge on any atom is -0.0178 e. The van der Waals surface area contributed by atoms with Crippen LogP contribution in [-0.2, 0) is 0 Å². The van der Waals surface area contributed by atoms with Crippen LogP contribution in [-0.4, -0.2) is 11.5 Å². The molecular weight excluding hydrogens is 128 g/mol. The molecule has 0 aromatic rings. The summed E-state index contributed by atoms with van der Waals surface area (Å²) in [4.78, 5) is 0. The van der Waals surface area contributed by atoms with Crippen molar-refractivity contribution in [1.29, 1.82) is 0 Å². The zero-order valence-electron chi connectivity index (χ0n) is 6.69. The van der Waals surface area contributed by atoms with E-state index in [-0.39, 0.29) is 10.9 Å². The third-order valence-electron chi connectivity index (χ3n) is 1.37. The first kappa shape index (κ1) is 9.35. The Morgan fingerprint density at radius 2 is 1.78 bits per heavy atom. The van der Waals surface area contributed by atoms with Crippen LogP contribution >= 0.6 is 10.9 Å². The third-order valence-corrected chi connectivity index (χ3v) is 3.40. The fraction of sp³-hybridized carbons (Fsp3) is 0.875. The Morgan fingerprint density at radius 3 is 2.22 bits per heavy atom. The minimum absolute atomic E-state index is 0.163. The van der Waals surface area contributed by atoms with Crippen molar-refractivity contribution in [1.82, 2.24) is 0 Å². The molecule has 0 aromatic heterocycles. The molecule has 0 aliphatic heterocycles. The maximum absolute atomic E-state index is 4.13. The van der Waals surface area contributed by atoms with Crippen molar-refractivity contribution in [2.24, 2.45) is 0 Å². The van der Waals surface area contributed by atoms with E-state index in [1.54, 1.807) is 0 Å². The standard InChI is InChI=1S/C8H19S/c1-4-6-8-9(3)7-5-2/h9H,3-8H2,1-2H3. The predicted molar refractivity (Wildman–Crippen MR) is 49.3 cm³/mol.